The van der Waals surface area contributed by atoms with Crippen molar-refractivity contribution in [3.8, 4) is 0 Å². The Morgan fingerprint density at radius 1 is 1.41 bits per heavy atom. The summed E-state index contributed by atoms with van der Waals surface area (Å²) < 4.78 is 45.5. The molecule has 0 radical (unpaired) electrons. The lowest BCUT2D eigenvalue weighted by Gasteiger charge is -2.39. The van der Waals surface area contributed by atoms with Gasteiger partial charge in [-0.05, 0) is 46.0 Å². The number of carbonyl (C=O) groups excluding carboxylic acids is 1. The second-order valence-electron chi connectivity index (χ2n) is 7.04. The number of nitrogens with zero attached hydrogens (tertiary/aromatic N) is 2. The van der Waals surface area contributed by atoms with Gasteiger partial charge in [0.2, 0.25) is 0 Å². The van der Waals surface area contributed by atoms with Crippen LogP contribution >= 0.6 is 0 Å². The van der Waals surface area contributed by atoms with Gasteiger partial charge in [-0.15, -0.1) is 0 Å². The molecule has 0 aromatic rings. The number of hydrogen-bond acceptors (Lipinski definition) is 4. The zero-order chi connectivity index (χ0) is 16.9. The number of rotatable bonds is 0. The molecule has 1 aliphatic carbocycles. The van der Waals surface area contributed by atoms with E-state index in [1.807, 2.05) is 6.92 Å². The molecule has 3 atom stereocenters. The number of carbonyl (C=O) groups is 1. The van der Waals surface area contributed by atoms with E-state index in [2.05, 4.69) is 5.10 Å². The summed E-state index contributed by atoms with van der Waals surface area (Å²) in [5.41, 5.74) is -4.10. The van der Waals surface area contributed by atoms with Gasteiger partial charge in [0.1, 0.15) is 5.60 Å². The Labute approximate surface area is 127 Å². The Balaban J connectivity index is 2.39. The minimum absolute atomic E-state index is 0.0245. The molecule has 0 spiro atoms. The Hall–Kier alpha value is -1.31. The third-order valence-electron chi connectivity index (χ3n) is 3.95. The molecule has 5 nitrogen and oxygen atoms in total. The zero-order valence-corrected chi connectivity index (χ0v) is 13.1. The number of fused-ring (bicyclic) bond motifs is 1. The molecule has 1 amide bonds. The van der Waals surface area contributed by atoms with Crippen LogP contribution in [0.15, 0.2) is 5.10 Å². The van der Waals surface area contributed by atoms with E-state index in [1.54, 1.807) is 0 Å². The van der Waals surface area contributed by atoms with Crippen LogP contribution in [0.3, 0.4) is 0 Å². The van der Waals surface area contributed by atoms with Crippen LogP contribution in [-0.2, 0) is 4.74 Å². The molecule has 1 N–H and O–H groups in total. The highest BCUT2D eigenvalue weighted by atomic mass is 19.4. The highest BCUT2D eigenvalue weighted by Crippen LogP contribution is 2.49. The van der Waals surface area contributed by atoms with Gasteiger partial charge in [-0.2, -0.15) is 23.3 Å². The molecule has 1 heterocycles. The molecule has 8 heteroatoms. The summed E-state index contributed by atoms with van der Waals surface area (Å²) in [6, 6.07) is 0. The van der Waals surface area contributed by atoms with Crippen molar-refractivity contribution in [1.29, 1.82) is 0 Å². The number of alkyl halides is 3. The smallest absolute Gasteiger partial charge is 0.439 e. The number of aliphatic hydroxyl groups is 1. The van der Waals surface area contributed by atoms with Crippen molar-refractivity contribution in [3.63, 3.8) is 0 Å². The Morgan fingerprint density at radius 3 is 2.50 bits per heavy atom. The van der Waals surface area contributed by atoms with Crippen LogP contribution in [0.4, 0.5) is 18.0 Å². The fourth-order valence-electron chi connectivity index (χ4n) is 2.90. The van der Waals surface area contributed by atoms with Gasteiger partial charge in [0, 0.05) is 5.71 Å². The first-order chi connectivity index (χ1) is 9.86. The van der Waals surface area contributed by atoms with Crippen LogP contribution in [0.5, 0.6) is 0 Å². The number of hydrazone groups is 1. The van der Waals surface area contributed by atoms with E-state index >= 15 is 0 Å². The molecular formula is C14H21F3N2O3. The lowest BCUT2D eigenvalue weighted by molar-refractivity contribution is -0.316. The Morgan fingerprint density at radius 2 is 2.00 bits per heavy atom. The van der Waals surface area contributed by atoms with Gasteiger partial charge < -0.3 is 9.84 Å². The summed E-state index contributed by atoms with van der Waals surface area (Å²) >= 11 is 0. The minimum Gasteiger partial charge on any atom is -0.442 e. The SMILES string of the molecule is C[C@@H]1CCC2=NN(C(=O)OC(C)(C)C)[C@@](O)(C(F)(F)F)[C@@H]2C1. The van der Waals surface area contributed by atoms with Crippen LogP contribution in [0.2, 0.25) is 0 Å². The van der Waals surface area contributed by atoms with Crippen LogP contribution in [-0.4, -0.2) is 39.4 Å². The van der Waals surface area contributed by atoms with Gasteiger partial charge in [0.05, 0.1) is 5.92 Å². The van der Waals surface area contributed by atoms with Gasteiger partial charge in [0.15, 0.2) is 0 Å². The van der Waals surface area contributed by atoms with E-state index in [-0.39, 0.29) is 23.1 Å². The lowest BCUT2D eigenvalue weighted by atomic mass is 9.76. The monoisotopic (exact) mass is 322 g/mol. The Bertz CT molecular complexity index is 499. The van der Waals surface area contributed by atoms with E-state index in [0.717, 1.165) is 0 Å². The van der Waals surface area contributed by atoms with Crippen LogP contribution in [0.25, 0.3) is 0 Å². The van der Waals surface area contributed by atoms with Crippen molar-refractivity contribution in [2.45, 2.75) is 64.5 Å². The number of halogens is 3. The first-order valence-electron chi connectivity index (χ1n) is 7.26. The summed E-state index contributed by atoms with van der Waals surface area (Å²) in [6.45, 7) is 6.44. The molecule has 0 saturated heterocycles. The summed E-state index contributed by atoms with van der Waals surface area (Å²) in [7, 11) is 0. The number of amides is 1. The summed E-state index contributed by atoms with van der Waals surface area (Å²) in [4.78, 5) is 12.1. The quantitative estimate of drug-likeness (QED) is 0.744. The van der Waals surface area contributed by atoms with E-state index in [0.29, 0.717) is 12.8 Å². The van der Waals surface area contributed by atoms with Crippen LogP contribution in [0.1, 0.15) is 47.0 Å². The molecule has 0 bridgehead atoms. The summed E-state index contributed by atoms with van der Waals surface area (Å²) in [6.07, 6.45) is -5.15. The maximum Gasteiger partial charge on any atom is 0.439 e. The average molecular weight is 322 g/mol. The third-order valence-corrected chi connectivity index (χ3v) is 3.95. The topological polar surface area (TPSA) is 62.1 Å². The molecule has 2 rings (SSSR count). The second kappa shape index (κ2) is 5.11. The second-order valence-corrected chi connectivity index (χ2v) is 7.04. The molecule has 0 unspecified atom stereocenters. The molecule has 0 aromatic heterocycles. The van der Waals surface area contributed by atoms with Crippen LogP contribution < -0.4 is 0 Å². The normalized spacial score (nSPS) is 32.5. The summed E-state index contributed by atoms with van der Waals surface area (Å²) in [5.74, 6) is -1.21. The van der Waals surface area contributed by atoms with Crippen molar-refractivity contribution in [2.75, 3.05) is 0 Å². The lowest BCUT2D eigenvalue weighted by Crippen LogP contribution is -2.62. The maximum absolute atomic E-state index is 13.5. The van der Waals surface area contributed by atoms with Gasteiger partial charge >= 0.3 is 12.3 Å². The van der Waals surface area contributed by atoms with Gasteiger partial charge in [-0.25, -0.2) is 4.79 Å². The Kier molecular flexibility index (Phi) is 3.96. The standard InChI is InChI=1S/C14H21F3N2O3/c1-8-5-6-10-9(7-8)13(21,14(15,16)17)19(18-10)11(20)22-12(2,3)4/h8-9,21H,5-7H2,1-4H3/t8-,9-,13+/m1/s1. The van der Waals surface area contributed by atoms with E-state index < -0.39 is 29.5 Å². The predicted molar refractivity (Wildman–Crippen MR) is 73.0 cm³/mol. The first-order valence-corrected chi connectivity index (χ1v) is 7.26. The summed E-state index contributed by atoms with van der Waals surface area (Å²) in [5, 5.41) is 14.2. The highest BCUT2D eigenvalue weighted by Gasteiger charge is 2.69. The fraction of sp³-hybridized carbons (Fsp3) is 0.857. The van der Waals surface area contributed by atoms with Gasteiger partial charge in [-0.1, -0.05) is 6.92 Å². The molecule has 1 fully saturated rings. The molecule has 0 aromatic carbocycles. The molecule has 126 valence electrons. The molecule has 22 heavy (non-hydrogen) atoms. The van der Waals surface area contributed by atoms with Crippen molar-refractivity contribution in [1.82, 2.24) is 5.01 Å². The van der Waals surface area contributed by atoms with E-state index in [4.69, 9.17) is 4.74 Å². The largest absolute Gasteiger partial charge is 0.442 e. The van der Waals surface area contributed by atoms with Crippen molar-refractivity contribution < 1.29 is 27.8 Å². The van der Waals surface area contributed by atoms with Gasteiger partial charge in [-0.3, -0.25) is 0 Å². The molecular weight excluding hydrogens is 301 g/mol. The predicted octanol–water partition coefficient (Wildman–Crippen LogP) is 3.28. The van der Waals surface area contributed by atoms with Crippen LogP contribution in [0, 0.1) is 11.8 Å². The zero-order valence-electron chi connectivity index (χ0n) is 13.1. The average Bonchev–Trinajstić information content (AvgIpc) is 2.61. The number of hydrogen-bond donors (Lipinski definition) is 1. The van der Waals surface area contributed by atoms with Crippen molar-refractivity contribution in [3.05, 3.63) is 0 Å². The number of ether oxygens (including phenoxy) is 1. The maximum atomic E-state index is 13.5. The van der Waals surface area contributed by atoms with Gasteiger partial charge in [0.25, 0.3) is 5.72 Å². The molecule has 1 aliphatic heterocycles. The van der Waals surface area contributed by atoms with E-state index in [1.165, 1.54) is 20.8 Å². The fourth-order valence-corrected chi connectivity index (χ4v) is 2.90. The van der Waals surface area contributed by atoms with Crippen molar-refractivity contribution in [2.24, 2.45) is 16.9 Å². The van der Waals surface area contributed by atoms with E-state index in [9.17, 15) is 23.1 Å². The van der Waals surface area contributed by atoms with Crippen molar-refractivity contribution >= 4 is 11.8 Å². The third kappa shape index (κ3) is 2.80. The molecule has 2 aliphatic rings. The minimum atomic E-state index is -5.02. The highest BCUT2D eigenvalue weighted by molar-refractivity contribution is 5.92. The molecule has 1 saturated carbocycles. The first kappa shape index (κ1) is 17.1.